The van der Waals surface area contributed by atoms with E-state index in [4.69, 9.17) is 0 Å². The van der Waals surface area contributed by atoms with Gasteiger partial charge in [-0.05, 0) is 34.9 Å². The highest BCUT2D eigenvalue weighted by atomic mass is 79.9. The van der Waals surface area contributed by atoms with Gasteiger partial charge in [-0.1, -0.05) is 75.8 Å². The van der Waals surface area contributed by atoms with Crippen LogP contribution in [-0.2, 0) is 11.3 Å². The van der Waals surface area contributed by atoms with E-state index in [-0.39, 0.29) is 23.1 Å². The first-order valence-corrected chi connectivity index (χ1v) is 9.85. The second-order valence-corrected chi connectivity index (χ2v) is 7.92. The van der Waals surface area contributed by atoms with E-state index < -0.39 is 0 Å². The van der Waals surface area contributed by atoms with Crippen LogP contribution in [0.1, 0.15) is 21.6 Å². The zero-order valence-electron chi connectivity index (χ0n) is 14.1. The fraction of sp³-hybridized carbons (Fsp3) is 0.0476. The van der Waals surface area contributed by atoms with Crippen molar-refractivity contribution < 1.29 is 9.90 Å². The highest BCUT2D eigenvalue weighted by Gasteiger charge is 2.20. The molecule has 0 aliphatic heterocycles. The van der Waals surface area contributed by atoms with Gasteiger partial charge in [-0.3, -0.25) is 14.2 Å². The maximum Gasteiger partial charge on any atom is 0.310 e. The van der Waals surface area contributed by atoms with Crippen LogP contribution in [0.3, 0.4) is 0 Å². The Morgan fingerprint density at radius 3 is 2.59 bits per heavy atom. The van der Waals surface area contributed by atoms with Crippen molar-refractivity contribution in [3.05, 3.63) is 90.3 Å². The van der Waals surface area contributed by atoms with Crippen molar-refractivity contribution in [3.63, 3.8) is 0 Å². The van der Waals surface area contributed by atoms with Crippen LogP contribution in [-0.4, -0.2) is 15.5 Å². The van der Waals surface area contributed by atoms with Crippen molar-refractivity contribution >= 4 is 50.8 Å². The minimum atomic E-state index is -0.276. The molecule has 134 valence electrons. The van der Waals surface area contributed by atoms with E-state index in [0.29, 0.717) is 10.5 Å². The first-order chi connectivity index (χ1) is 13.0. The zero-order valence-corrected chi connectivity index (χ0v) is 16.5. The first-order valence-electron chi connectivity index (χ1n) is 8.24. The molecule has 1 aliphatic carbocycles. The molecule has 4 rings (SSSR count). The number of carbonyl (C=O) groups is 1. The van der Waals surface area contributed by atoms with E-state index in [9.17, 15) is 14.7 Å². The number of carbonyl (C=O) groups excluding carboxylic acids is 1. The Labute approximate surface area is 167 Å². The number of nitrogens with zero attached hydrogens (tertiary/aromatic N) is 1. The topological polar surface area (TPSA) is 59.3 Å². The summed E-state index contributed by atoms with van der Waals surface area (Å²) < 4.78 is 2.18. The molecule has 4 nitrogen and oxygen atoms in total. The number of thiazole rings is 1. The van der Waals surface area contributed by atoms with Gasteiger partial charge in [0.1, 0.15) is 0 Å². The van der Waals surface area contributed by atoms with Crippen molar-refractivity contribution in [1.29, 1.82) is 0 Å². The average Bonchev–Trinajstić information content (AvgIpc) is 2.93. The lowest BCUT2D eigenvalue weighted by Crippen LogP contribution is -2.13. The minimum Gasteiger partial charge on any atom is -0.493 e. The monoisotopic (exact) mass is 439 g/mol. The molecule has 0 saturated heterocycles. The molecule has 6 heteroatoms. The van der Waals surface area contributed by atoms with Gasteiger partial charge in [0.05, 0.1) is 11.4 Å². The van der Waals surface area contributed by atoms with E-state index in [1.165, 1.54) is 10.6 Å². The maximum atomic E-state index is 12.4. The highest BCUT2D eigenvalue weighted by molar-refractivity contribution is 9.10. The minimum absolute atomic E-state index is 0.131. The Morgan fingerprint density at radius 1 is 1.04 bits per heavy atom. The zero-order chi connectivity index (χ0) is 19.0. The second kappa shape index (κ2) is 7.13. The number of allylic oxidation sites excluding steroid dienone is 2. The van der Waals surface area contributed by atoms with Crippen molar-refractivity contribution in [2.24, 2.45) is 0 Å². The number of hydrogen-bond acceptors (Lipinski definition) is 4. The van der Waals surface area contributed by atoms with Crippen molar-refractivity contribution in [2.45, 2.75) is 6.54 Å². The predicted octanol–water partition coefficient (Wildman–Crippen LogP) is 4.56. The summed E-state index contributed by atoms with van der Waals surface area (Å²) in [6, 6.07) is 15.1. The number of fused-ring (bicyclic) bond motifs is 1. The third kappa shape index (κ3) is 3.34. The van der Waals surface area contributed by atoms with E-state index in [2.05, 4.69) is 15.9 Å². The Balaban J connectivity index is 1.77. The molecule has 1 aliphatic rings. The average molecular weight is 440 g/mol. The Kier molecular flexibility index (Phi) is 4.68. The maximum absolute atomic E-state index is 12.4. The summed E-state index contributed by atoms with van der Waals surface area (Å²) in [5.41, 5.74) is 3.08. The smallest absolute Gasteiger partial charge is 0.310 e. The molecule has 3 aromatic rings. The SMILES string of the molecule is O=C1C=Cc2ccccc2/C1=C/c1sc(=O)n(Cc2ccccc2Br)c1O. The van der Waals surface area contributed by atoms with Crippen molar-refractivity contribution in [1.82, 2.24) is 4.57 Å². The van der Waals surface area contributed by atoms with E-state index in [1.54, 1.807) is 12.2 Å². The van der Waals surface area contributed by atoms with Gasteiger partial charge < -0.3 is 5.11 Å². The number of hydrogen-bond donors (Lipinski definition) is 1. The summed E-state index contributed by atoms with van der Waals surface area (Å²) in [5, 5.41) is 10.6. The lowest BCUT2D eigenvalue weighted by atomic mass is 9.91. The van der Waals surface area contributed by atoms with Gasteiger partial charge in [0.2, 0.25) is 5.88 Å². The molecule has 0 atom stereocenters. The van der Waals surface area contributed by atoms with Crippen LogP contribution in [0.4, 0.5) is 0 Å². The first kappa shape index (κ1) is 17.7. The lowest BCUT2D eigenvalue weighted by molar-refractivity contribution is -0.109. The number of halogens is 1. The molecule has 0 fully saturated rings. The summed E-state index contributed by atoms with van der Waals surface area (Å²) in [7, 11) is 0. The van der Waals surface area contributed by atoms with E-state index >= 15 is 0 Å². The van der Waals surface area contributed by atoms with Crippen LogP contribution < -0.4 is 4.87 Å². The molecule has 0 spiro atoms. The van der Waals surface area contributed by atoms with Gasteiger partial charge in [0.25, 0.3) is 0 Å². The van der Waals surface area contributed by atoms with Gasteiger partial charge in [-0.2, -0.15) is 0 Å². The summed E-state index contributed by atoms with van der Waals surface area (Å²) in [5.74, 6) is -0.278. The predicted molar refractivity (Wildman–Crippen MR) is 112 cm³/mol. The molecule has 0 saturated carbocycles. The summed E-state index contributed by atoms with van der Waals surface area (Å²) in [4.78, 5) is 24.9. The molecule has 1 heterocycles. The molecule has 2 aromatic carbocycles. The van der Waals surface area contributed by atoms with Gasteiger partial charge in [-0.25, -0.2) is 0 Å². The Morgan fingerprint density at radius 2 is 1.78 bits per heavy atom. The molecule has 0 unspecified atom stereocenters. The molecular weight excluding hydrogens is 426 g/mol. The van der Waals surface area contributed by atoms with Crippen LogP contribution >= 0.6 is 27.3 Å². The van der Waals surface area contributed by atoms with Crippen LogP contribution in [0.15, 0.2) is 63.9 Å². The van der Waals surface area contributed by atoms with Gasteiger partial charge >= 0.3 is 4.87 Å². The molecular formula is C21H14BrNO3S. The Bertz CT molecular complexity index is 1170. The van der Waals surface area contributed by atoms with E-state index in [1.807, 2.05) is 48.5 Å². The standard InChI is InChI=1S/C21H14BrNO3S/c22-17-8-4-2-6-14(17)12-23-20(25)19(27-21(23)26)11-16-15-7-3-1-5-13(15)9-10-18(16)24/h1-11,25H,12H2/b16-11-. The summed E-state index contributed by atoms with van der Waals surface area (Å²) in [6.07, 6.45) is 4.88. The fourth-order valence-corrected chi connectivity index (χ4v) is 4.24. The molecule has 1 aromatic heterocycles. The van der Waals surface area contributed by atoms with Crippen molar-refractivity contribution in [3.8, 4) is 5.88 Å². The number of aromatic hydroxyl groups is 1. The van der Waals surface area contributed by atoms with Gasteiger partial charge in [0.15, 0.2) is 5.78 Å². The van der Waals surface area contributed by atoms with Gasteiger partial charge in [0, 0.05) is 10.0 Å². The number of rotatable bonds is 3. The largest absolute Gasteiger partial charge is 0.493 e. The summed E-state index contributed by atoms with van der Waals surface area (Å²) in [6.45, 7) is 0.246. The van der Waals surface area contributed by atoms with Crippen molar-refractivity contribution in [2.75, 3.05) is 0 Å². The van der Waals surface area contributed by atoms with Crippen LogP contribution in [0.25, 0.3) is 17.7 Å². The lowest BCUT2D eigenvalue weighted by Gasteiger charge is -2.12. The molecule has 1 N–H and O–H groups in total. The third-order valence-corrected chi connectivity index (χ3v) is 6.08. The molecule has 27 heavy (non-hydrogen) atoms. The quantitative estimate of drug-likeness (QED) is 0.608. The number of benzene rings is 2. The highest BCUT2D eigenvalue weighted by Crippen LogP contribution is 2.32. The third-order valence-electron chi connectivity index (χ3n) is 4.39. The molecule has 0 bridgehead atoms. The normalized spacial score (nSPS) is 14.6. The molecule has 0 amide bonds. The summed E-state index contributed by atoms with van der Waals surface area (Å²) >= 11 is 4.38. The van der Waals surface area contributed by atoms with Gasteiger partial charge in [-0.15, -0.1) is 0 Å². The Hall–Kier alpha value is -2.70. The van der Waals surface area contributed by atoms with E-state index in [0.717, 1.165) is 32.5 Å². The fourth-order valence-electron chi connectivity index (χ4n) is 3.00. The van der Waals surface area contributed by atoms with Crippen LogP contribution in [0, 0.1) is 0 Å². The molecule has 0 radical (unpaired) electrons. The van der Waals surface area contributed by atoms with Crippen LogP contribution in [0.2, 0.25) is 0 Å². The number of aromatic nitrogens is 1. The second-order valence-electron chi connectivity index (χ2n) is 6.08. The van der Waals surface area contributed by atoms with Crippen LogP contribution in [0.5, 0.6) is 5.88 Å². The number of ketones is 1.